The lowest BCUT2D eigenvalue weighted by Gasteiger charge is -2.38. The van der Waals surface area contributed by atoms with Gasteiger partial charge in [0, 0.05) is 37.9 Å². The van der Waals surface area contributed by atoms with E-state index in [1.54, 1.807) is 26.0 Å². The molecule has 1 aliphatic rings. The van der Waals surface area contributed by atoms with E-state index in [2.05, 4.69) is 20.5 Å². The van der Waals surface area contributed by atoms with Crippen molar-refractivity contribution in [1.29, 1.82) is 0 Å². The molecule has 2 rings (SSSR count). The van der Waals surface area contributed by atoms with Gasteiger partial charge in [0.25, 0.3) is 0 Å². The number of aromatic nitrogens is 1. The molecule has 1 aliphatic heterocycles. The zero-order valence-corrected chi connectivity index (χ0v) is 17.8. The van der Waals surface area contributed by atoms with E-state index in [4.69, 9.17) is 4.74 Å². The number of imide groups is 1. The number of carbonyl (C=O) groups is 3. The molecule has 1 unspecified atom stereocenters. The van der Waals surface area contributed by atoms with Crippen LogP contribution in [0.5, 0.6) is 0 Å². The molecule has 0 aliphatic carbocycles. The maximum atomic E-state index is 12.4. The summed E-state index contributed by atoms with van der Waals surface area (Å²) in [6.45, 7) is 12.2. The van der Waals surface area contributed by atoms with Crippen molar-refractivity contribution >= 4 is 23.7 Å². The molecule has 1 saturated heterocycles. The number of urea groups is 1. The van der Waals surface area contributed by atoms with Crippen LogP contribution in [0.2, 0.25) is 0 Å². The fourth-order valence-electron chi connectivity index (χ4n) is 3.00. The molecule has 0 aromatic carbocycles. The molecular formula is C20H31N5O4. The Kier molecular flexibility index (Phi) is 7.55. The van der Waals surface area contributed by atoms with Gasteiger partial charge in [-0.2, -0.15) is 0 Å². The minimum absolute atomic E-state index is 0.322. The van der Waals surface area contributed by atoms with E-state index in [1.165, 1.54) is 6.20 Å². The van der Waals surface area contributed by atoms with Crippen molar-refractivity contribution in [3.8, 4) is 0 Å². The minimum atomic E-state index is -0.487. The molecule has 160 valence electrons. The van der Waals surface area contributed by atoms with Gasteiger partial charge >= 0.3 is 12.0 Å². The molecule has 1 atom stereocenters. The van der Waals surface area contributed by atoms with Crippen LogP contribution in [0.25, 0.3) is 0 Å². The molecule has 1 aromatic heterocycles. The van der Waals surface area contributed by atoms with Crippen LogP contribution >= 0.6 is 0 Å². The zero-order valence-electron chi connectivity index (χ0n) is 17.8. The van der Waals surface area contributed by atoms with E-state index in [0.29, 0.717) is 38.3 Å². The Morgan fingerprint density at radius 2 is 1.83 bits per heavy atom. The summed E-state index contributed by atoms with van der Waals surface area (Å²) < 4.78 is 4.96. The van der Waals surface area contributed by atoms with Crippen molar-refractivity contribution in [2.45, 2.75) is 46.2 Å². The van der Waals surface area contributed by atoms with Crippen molar-refractivity contribution in [1.82, 2.24) is 20.5 Å². The Hall–Kier alpha value is -2.68. The number of ether oxygens (including phenoxy) is 1. The third-order valence-corrected chi connectivity index (χ3v) is 4.55. The average Bonchev–Trinajstić information content (AvgIpc) is 2.66. The SMILES string of the molecule is CCOC(=O)c1ccc(N2CCN(C(C)C(=O)NC(=O)NC(C)(C)C)CC2)nc1. The number of hydrogen-bond acceptors (Lipinski definition) is 7. The van der Waals surface area contributed by atoms with E-state index in [9.17, 15) is 14.4 Å². The second-order valence-electron chi connectivity index (χ2n) is 8.02. The topological polar surface area (TPSA) is 104 Å². The van der Waals surface area contributed by atoms with Crippen molar-refractivity contribution < 1.29 is 19.1 Å². The normalized spacial score (nSPS) is 16.1. The molecule has 9 heteroatoms. The number of esters is 1. The number of rotatable bonds is 5. The van der Waals surface area contributed by atoms with Gasteiger partial charge in [0.1, 0.15) is 5.82 Å². The molecular weight excluding hydrogens is 374 g/mol. The lowest BCUT2D eigenvalue weighted by molar-refractivity contribution is -0.124. The number of carbonyl (C=O) groups excluding carboxylic acids is 3. The van der Waals surface area contributed by atoms with E-state index in [-0.39, 0.29) is 11.9 Å². The largest absolute Gasteiger partial charge is 0.462 e. The van der Waals surface area contributed by atoms with Crippen LogP contribution in [0.3, 0.4) is 0 Å². The average molecular weight is 405 g/mol. The van der Waals surface area contributed by atoms with E-state index in [0.717, 1.165) is 5.82 Å². The first-order chi connectivity index (χ1) is 13.6. The van der Waals surface area contributed by atoms with E-state index in [1.807, 2.05) is 25.7 Å². The Balaban J connectivity index is 1.85. The van der Waals surface area contributed by atoms with Crippen molar-refractivity contribution in [3.63, 3.8) is 0 Å². The molecule has 1 fully saturated rings. The predicted octanol–water partition coefficient (Wildman–Crippen LogP) is 1.39. The number of anilines is 1. The Morgan fingerprint density at radius 1 is 1.17 bits per heavy atom. The van der Waals surface area contributed by atoms with Gasteiger partial charge in [-0.15, -0.1) is 0 Å². The van der Waals surface area contributed by atoms with Gasteiger partial charge < -0.3 is 15.0 Å². The highest BCUT2D eigenvalue weighted by Crippen LogP contribution is 2.16. The van der Waals surface area contributed by atoms with Gasteiger partial charge in [0.05, 0.1) is 18.2 Å². The molecule has 0 radical (unpaired) electrons. The van der Waals surface area contributed by atoms with Gasteiger partial charge in [-0.3, -0.25) is 15.0 Å². The molecule has 1 aromatic rings. The summed E-state index contributed by atoms with van der Waals surface area (Å²) >= 11 is 0. The fourth-order valence-corrected chi connectivity index (χ4v) is 3.00. The van der Waals surface area contributed by atoms with Crippen molar-refractivity contribution in [2.24, 2.45) is 0 Å². The fraction of sp³-hybridized carbons (Fsp3) is 0.600. The van der Waals surface area contributed by atoms with Crippen LogP contribution in [0.4, 0.5) is 10.6 Å². The van der Waals surface area contributed by atoms with E-state index >= 15 is 0 Å². The Labute approximate surface area is 171 Å². The maximum Gasteiger partial charge on any atom is 0.339 e. The summed E-state index contributed by atoms with van der Waals surface area (Å²) in [7, 11) is 0. The van der Waals surface area contributed by atoms with Crippen LogP contribution in [0.15, 0.2) is 18.3 Å². The van der Waals surface area contributed by atoms with Crippen LogP contribution in [0, 0.1) is 0 Å². The van der Waals surface area contributed by atoms with Crippen molar-refractivity contribution in [3.05, 3.63) is 23.9 Å². The Bertz CT molecular complexity index is 721. The molecule has 0 spiro atoms. The number of piperazine rings is 1. The summed E-state index contributed by atoms with van der Waals surface area (Å²) in [6.07, 6.45) is 1.52. The lowest BCUT2D eigenvalue weighted by atomic mass is 10.1. The molecule has 0 saturated carbocycles. The number of amides is 3. The highest BCUT2D eigenvalue weighted by atomic mass is 16.5. The molecule has 9 nitrogen and oxygen atoms in total. The summed E-state index contributed by atoms with van der Waals surface area (Å²) in [6, 6.07) is 2.60. The number of hydrogen-bond donors (Lipinski definition) is 2. The summed E-state index contributed by atoms with van der Waals surface area (Å²) in [4.78, 5) is 44.5. The van der Waals surface area contributed by atoms with Gasteiger partial charge in [0.2, 0.25) is 5.91 Å². The summed E-state index contributed by atoms with van der Waals surface area (Å²) in [5, 5.41) is 5.12. The molecule has 2 N–H and O–H groups in total. The van der Waals surface area contributed by atoms with Gasteiger partial charge in [-0.05, 0) is 46.8 Å². The zero-order chi connectivity index (χ0) is 21.6. The Morgan fingerprint density at radius 3 is 2.34 bits per heavy atom. The van der Waals surface area contributed by atoms with Crippen molar-refractivity contribution in [2.75, 3.05) is 37.7 Å². The third kappa shape index (κ3) is 6.70. The quantitative estimate of drug-likeness (QED) is 0.714. The number of pyridine rings is 1. The van der Waals surface area contributed by atoms with Crippen LogP contribution in [-0.4, -0.2) is 72.2 Å². The van der Waals surface area contributed by atoms with Crippen LogP contribution < -0.4 is 15.5 Å². The molecule has 29 heavy (non-hydrogen) atoms. The third-order valence-electron chi connectivity index (χ3n) is 4.55. The monoisotopic (exact) mass is 405 g/mol. The van der Waals surface area contributed by atoms with E-state index < -0.39 is 17.6 Å². The van der Waals surface area contributed by atoms with Crippen LogP contribution in [0.1, 0.15) is 45.0 Å². The first-order valence-electron chi connectivity index (χ1n) is 9.86. The smallest absolute Gasteiger partial charge is 0.339 e. The second-order valence-corrected chi connectivity index (χ2v) is 8.02. The molecule has 2 heterocycles. The van der Waals surface area contributed by atoms with Gasteiger partial charge in [-0.1, -0.05) is 0 Å². The first kappa shape index (κ1) is 22.6. The minimum Gasteiger partial charge on any atom is -0.462 e. The second kappa shape index (κ2) is 9.69. The lowest BCUT2D eigenvalue weighted by Crippen LogP contribution is -2.56. The van der Waals surface area contributed by atoms with Gasteiger partial charge in [-0.25, -0.2) is 14.6 Å². The van der Waals surface area contributed by atoms with Crippen LogP contribution in [-0.2, 0) is 9.53 Å². The predicted molar refractivity (Wildman–Crippen MR) is 110 cm³/mol. The first-order valence-corrected chi connectivity index (χ1v) is 9.86. The van der Waals surface area contributed by atoms with Gasteiger partial charge in [0.15, 0.2) is 0 Å². The standard InChI is InChI=1S/C20H31N5O4/c1-6-29-18(27)15-7-8-16(21-13-15)25-11-9-24(10-12-25)14(2)17(26)22-19(28)23-20(3,4)5/h7-8,13-14H,6,9-12H2,1-5H3,(H2,22,23,26,28). The number of nitrogens with zero attached hydrogens (tertiary/aromatic N) is 3. The summed E-state index contributed by atoms with van der Waals surface area (Å²) in [5.74, 6) is 0.0724. The summed E-state index contributed by atoms with van der Waals surface area (Å²) in [5.41, 5.74) is 0.0164. The highest BCUT2D eigenvalue weighted by molar-refractivity contribution is 5.97. The molecule has 3 amide bonds. The highest BCUT2D eigenvalue weighted by Gasteiger charge is 2.27. The maximum absolute atomic E-state index is 12.4. The molecule has 0 bridgehead atoms. The number of nitrogens with one attached hydrogen (secondary N) is 2.